The maximum atomic E-state index is 13.2. The summed E-state index contributed by atoms with van der Waals surface area (Å²) in [6.45, 7) is 1.62. The first-order valence-corrected chi connectivity index (χ1v) is 9.68. The summed E-state index contributed by atoms with van der Waals surface area (Å²) in [7, 11) is 0. The largest absolute Gasteiger partial charge is 0.477 e. The zero-order valence-corrected chi connectivity index (χ0v) is 16.3. The number of hydrogen-bond donors (Lipinski definition) is 0. The maximum Gasteiger partial charge on any atom is 0.256 e. The standard InChI is InChI=1S/C20H19ClFN5O2/c21-15-3-5-18(27-24-7-8-25-27)17(10-15)20(28)26-9-1-2-14(12-26)13-29-19-6-4-16(22)11-23-19/h3-8,10-11,14H,1-2,9,12-13H2. The Kier molecular flexibility index (Phi) is 5.71. The monoisotopic (exact) mass is 415 g/mol. The molecule has 1 aliphatic heterocycles. The second kappa shape index (κ2) is 8.57. The van der Waals surface area contributed by atoms with Crippen molar-refractivity contribution in [2.75, 3.05) is 19.7 Å². The van der Waals surface area contributed by atoms with Crippen LogP contribution >= 0.6 is 11.6 Å². The minimum atomic E-state index is -0.407. The van der Waals surface area contributed by atoms with Crippen molar-refractivity contribution in [3.63, 3.8) is 0 Å². The molecule has 0 spiro atoms. The van der Waals surface area contributed by atoms with Crippen molar-refractivity contribution in [3.05, 3.63) is 65.3 Å². The second-order valence-corrected chi connectivity index (χ2v) is 7.30. The van der Waals surface area contributed by atoms with Crippen molar-refractivity contribution >= 4 is 17.5 Å². The fraction of sp³-hybridized carbons (Fsp3) is 0.300. The molecule has 3 aromatic rings. The number of ether oxygens (including phenoxy) is 1. The maximum absolute atomic E-state index is 13.2. The third kappa shape index (κ3) is 4.54. The summed E-state index contributed by atoms with van der Waals surface area (Å²) in [5, 5.41) is 8.73. The average Bonchev–Trinajstić information content (AvgIpc) is 3.28. The van der Waals surface area contributed by atoms with Gasteiger partial charge in [0.2, 0.25) is 5.88 Å². The number of carbonyl (C=O) groups is 1. The van der Waals surface area contributed by atoms with Gasteiger partial charge in [0.1, 0.15) is 5.82 Å². The highest BCUT2D eigenvalue weighted by molar-refractivity contribution is 6.31. The molecule has 29 heavy (non-hydrogen) atoms. The van der Waals surface area contributed by atoms with Crippen molar-refractivity contribution in [3.8, 4) is 11.6 Å². The van der Waals surface area contributed by atoms with Crippen LogP contribution in [0.25, 0.3) is 5.69 Å². The number of hydrogen-bond acceptors (Lipinski definition) is 5. The van der Waals surface area contributed by atoms with Gasteiger partial charge in [-0.05, 0) is 37.1 Å². The van der Waals surface area contributed by atoms with Gasteiger partial charge in [-0.3, -0.25) is 4.79 Å². The van der Waals surface area contributed by atoms with E-state index in [1.807, 2.05) is 0 Å². The molecule has 3 heterocycles. The van der Waals surface area contributed by atoms with E-state index in [9.17, 15) is 9.18 Å². The van der Waals surface area contributed by atoms with E-state index in [1.165, 1.54) is 16.9 Å². The summed E-state index contributed by atoms with van der Waals surface area (Å²) in [5.74, 6) is 0.00180. The van der Waals surface area contributed by atoms with Crippen LogP contribution in [0.2, 0.25) is 5.02 Å². The molecular weight excluding hydrogens is 397 g/mol. The number of carbonyl (C=O) groups excluding carboxylic acids is 1. The van der Waals surface area contributed by atoms with E-state index >= 15 is 0 Å². The second-order valence-electron chi connectivity index (χ2n) is 6.87. The van der Waals surface area contributed by atoms with Gasteiger partial charge in [0.05, 0.1) is 36.4 Å². The van der Waals surface area contributed by atoms with Gasteiger partial charge >= 0.3 is 0 Å². The summed E-state index contributed by atoms with van der Waals surface area (Å²) in [6, 6.07) is 7.89. The van der Waals surface area contributed by atoms with Crippen LogP contribution in [0.15, 0.2) is 48.9 Å². The third-order valence-corrected chi connectivity index (χ3v) is 5.03. The summed E-state index contributed by atoms with van der Waals surface area (Å²) >= 11 is 6.14. The van der Waals surface area contributed by atoms with Crippen molar-refractivity contribution in [1.29, 1.82) is 0 Å². The van der Waals surface area contributed by atoms with E-state index in [2.05, 4.69) is 15.2 Å². The van der Waals surface area contributed by atoms with Gasteiger partial charge in [0.15, 0.2) is 0 Å². The number of piperidine rings is 1. The van der Waals surface area contributed by atoms with Crippen LogP contribution < -0.4 is 4.74 Å². The van der Waals surface area contributed by atoms with Crippen molar-refractivity contribution in [2.24, 2.45) is 5.92 Å². The predicted molar refractivity (Wildman–Crippen MR) is 105 cm³/mol. The lowest BCUT2D eigenvalue weighted by Crippen LogP contribution is -2.42. The highest BCUT2D eigenvalue weighted by Gasteiger charge is 2.27. The molecule has 1 unspecified atom stereocenters. The molecule has 1 aromatic carbocycles. The van der Waals surface area contributed by atoms with Gasteiger partial charge in [-0.15, -0.1) is 0 Å². The molecule has 150 valence electrons. The summed E-state index contributed by atoms with van der Waals surface area (Å²) < 4.78 is 18.6. The molecule has 7 nitrogen and oxygen atoms in total. The first kappa shape index (κ1) is 19.3. The Hall–Kier alpha value is -3.00. The highest BCUT2D eigenvalue weighted by atomic mass is 35.5. The predicted octanol–water partition coefficient (Wildman–Crippen LogP) is 3.39. The van der Waals surface area contributed by atoms with Crippen LogP contribution in [0, 0.1) is 11.7 Å². The minimum absolute atomic E-state index is 0.121. The Labute approximate surface area is 172 Å². The molecule has 2 aromatic heterocycles. The lowest BCUT2D eigenvalue weighted by Gasteiger charge is -2.33. The molecule has 1 fully saturated rings. The van der Waals surface area contributed by atoms with Gasteiger partial charge in [0, 0.05) is 30.1 Å². The number of nitrogens with zero attached hydrogens (tertiary/aromatic N) is 5. The Morgan fingerprint density at radius 1 is 1.24 bits per heavy atom. The first-order valence-electron chi connectivity index (χ1n) is 9.30. The average molecular weight is 416 g/mol. The van der Waals surface area contributed by atoms with Gasteiger partial charge < -0.3 is 9.64 Å². The summed E-state index contributed by atoms with van der Waals surface area (Å²) in [5.41, 5.74) is 1.04. The van der Waals surface area contributed by atoms with Crippen LogP contribution in [0.1, 0.15) is 23.2 Å². The number of rotatable bonds is 5. The Morgan fingerprint density at radius 3 is 2.83 bits per heavy atom. The molecule has 0 aliphatic carbocycles. The number of halogens is 2. The number of aromatic nitrogens is 4. The first-order chi connectivity index (χ1) is 14.1. The molecule has 0 radical (unpaired) electrons. The topological polar surface area (TPSA) is 73.1 Å². The van der Waals surface area contributed by atoms with Crippen LogP contribution in [-0.2, 0) is 0 Å². The number of amides is 1. The van der Waals surface area contributed by atoms with E-state index in [0.29, 0.717) is 41.8 Å². The zero-order chi connectivity index (χ0) is 20.2. The molecule has 1 saturated heterocycles. The van der Waals surface area contributed by atoms with Crippen molar-refractivity contribution in [1.82, 2.24) is 24.9 Å². The highest BCUT2D eigenvalue weighted by Crippen LogP contribution is 2.24. The molecule has 1 amide bonds. The Bertz CT molecular complexity index is 981. The fourth-order valence-corrected chi connectivity index (χ4v) is 3.57. The van der Waals surface area contributed by atoms with Gasteiger partial charge in [0.25, 0.3) is 5.91 Å². The molecule has 1 atom stereocenters. The molecule has 1 aliphatic rings. The Balaban J connectivity index is 1.46. The van der Waals surface area contributed by atoms with E-state index in [-0.39, 0.29) is 11.8 Å². The number of benzene rings is 1. The quantitative estimate of drug-likeness (QED) is 0.638. The molecule has 4 rings (SSSR count). The Morgan fingerprint density at radius 2 is 2.07 bits per heavy atom. The van der Waals surface area contributed by atoms with Crippen molar-refractivity contribution < 1.29 is 13.9 Å². The SMILES string of the molecule is O=C(c1cc(Cl)ccc1-n1nccn1)N1CCCC(COc2ccc(F)cn2)C1. The van der Waals surface area contributed by atoms with Crippen molar-refractivity contribution in [2.45, 2.75) is 12.8 Å². The summed E-state index contributed by atoms with van der Waals surface area (Å²) in [4.78, 5) is 20.3. The number of likely N-dealkylation sites (tertiary alicyclic amines) is 1. The van der Waals surface area contributed by atoms with E-state index in [1.54, 1.807) is 35.5 Å². The van der Waals surface area contributed by atoms with Gasteiger partial charge in [-0.25, -0.2) is 9.37 Å². The van der Waals surface area contributed by atoms with Gasteiger partial charge in [-0.2, -0.15) is 15.0 Å². The zero-order valence-electron chi connectivity index (χ0n) is 15.5. The molecule has 0 N–H and O–H groups in total. The lowest BCUT2D eigenvalue weighted by molar-refractivity contribution is 0.0631. The fourth-order valence-electron chi connectivity index (χ4n) is 3.40. The van der Waals surface area contributed by atoms with Crippen LogP contribution in [-0.4, -0.2) is 50.5 Å². The molecule has 0 bridgehead atoms. The number of pyridine rings is 1. The smallest absolute Gasteiger partial charge is 0.256 e. The third-order valence-electron chi connectivity index (χ3n) is 4.80. The summed E-state index contributed by atoms with van der Waals surface area (Å²) in [6.07, 6.45) is 6.04. The molecule has 9 heteroatoms. The van der Waals surface area contributed by atoms with Crippen LogP contribution in [0.3, 0.4) is 0 Å². The van der Waals surface area contributed by atoms with E-state index in [4.69, 9.17) is 16.3 Å². The minimum Gasteiger partial charge on any atom is -0.477 e. The van der Waals surface area contributed by atoms with E-state index in [0.717, 1.165) is 19.0 Å². The molecule has 0 saturated carbocycles. The lowest BCUT2D eigenvalue weighted by atomic mass is 9.98. The van der Waals surface area contributed by atoms with Gasteiger partial charge in [-0.1, -0.05) is 11.6 Å². The molecular formula is C20H19ClFN5O2. The van der Waals surface area contributed by atoms with Crippen LogP contribution in [0.4, 0.5) is 4.39 Å². The normalized spacial score (nSPS) is 16.6. The van der Waals surface area contributed by atoms with Crippen LogP contribution in [0.5, 0.6) is 5.88 Å². The van der Waals surface area contributed by atoms with E-state index < -0.39 is 5.82 Å².